The van der Waals surface area contributed by atoms with Gasteiger partial charge in [0.05, 0.1) is 17.8 Å². The van der Waals surface area contributed by atoms with E-state index in [0.29, 0.717) is 5.69 Å². The van der Waals surface area contributed by atoms with Crippen molar-refractivity contribution in [1.29, 1.82) is 0 Å². The molecule has 4 aromatic rings. The van der Waals surface area contributed by atoms with Gasteiger partial charge in [-0.05, 0) is 42.5 Å². The molecule has 0 saturated heterocycles. The van der Waals surface area contributed by atoms with E-state index in [4.69, 9.17) is 0 Å². The number of hydrogen-bond donors (Lipinski definition) is 2. The summed E-state index contributed by atoms with van der Waals surface area (Å²) >= 11 is 1.44. The Labute approximate surface area is 147 Å². The standard InChI is InChI=1S/C19H14FN3OS/c20-13-6-4-12(5-7-13)19-22-14(11-25-19)10-18(24)23-17-3-1-2-16-15(17)8-9-21-16/h1-9,11,21H,10H2,(H,23,24). The van der Waals surface area contributed by atoms with Gasteiger partial charge in [0.15, 0.2) is 0 Å². The highest BCUT2D eigenvalue weighted by molar-refractivity contribution is 7.13. The minimum atomic E-state index is -0.279. The lowest BCUT2D eigenvalue weighted by molar-refractivity contribution is -0.115. The Balaban J connectivity index is 1.48. The first-order chi connectivity index (χ1) is 12.2. The number of anilines is 1. The third kappa shape index (κ3) is 3.29. The summed E-state index contributed by atoms with van der Waals surface area (Å²) in [5, 5.41) is 6.54. The van der Waals surface area contributed by atoms with Crippen molar-refractivity contribution in [2.24, 2.45) is 0 Å². The molecule has 0 aliphatic carbocycles. The Morgan fingerprint density at radius 1 is 1.16 bits per heavy atom. The van der Waals surface area contributed by atoms with E-state index < -0.39 is 0 Å². The van der Waals surface area contributed by atoms with Crippen LogP contribution in [0.25, 0.3) is 21.5 Å². The first-order valence-corrected chi connectivity index (χ1v) is 8.63. The van der Waals surface area contributed by atoms with Crippen LogP contribution in [0, 0.1) is 5.82 Å². The Hall–Kier alpha value is -2.99. The second-order valence-electron chi connectivity index (χ2n) is 5.62. The third-order valence-electron chi connectivity index (χ3n) is 3.85. The lowest BCUT2D eigenvalue weighted by Gasteiger charge is -2.05. The fourth-order valence-corrected chi connectivity index (χ4v) is 3.49. The van der Waals surface area contributed by atoms with E-state index >= 15 is 0 Å². The number of carbonyl (C=O) groups is 1. The zero-order valence-corrected chi connectivity index (χ0v) is 13.9. The maximum absolute atomic E-state index is 13.0. The van der Waals surface area contributed by atoms with Crippen molar-refractivity contribution >= 4 is 33.8 Å². The average Bonchev–Trinajstić information content (AvgIpc) is 3.25. The number of rotatable bonds is 4. The zero-order chi connectivity index (χ0) is 17.2. The predicted molar refractivity (Wildman–Crippen MR) is 98.1 cm³/mol. The number of hydrogen-bond acceptors (Lipinski definition) is 3. The molecule has 2 N–H and O–H groups in total. The van der Waals surface area contributed by atoms with E-state index in [9.17, 15) is 9.18 Å². The number of aromatic amines is 1. The second kappa shape index (κ2) is 6.49. The van der Waals surface area contributed by atoms with Gasteiger partial charge in [0, 0.05) is 28.0 Å². The average molecular weight is 351 g/mol. The van der Waals surface area contributed by atoms with Crippen molar-refractivity contribution in [1.82, 2.24) is 9.97 Å². The smallest absolute Gasteiger partial charge is 0.230 e. The van der Waals surface area contributed by atoms with Crippen molar-refractivity contribution in [2.75, 3.05) is 5.32 Å². The molecule has 1 amide bonds. The summed E-state index contributed by atoms with van der Waals surface area (Å²) < 4.78 is 13.0. The number of nitrogens with one attached hydrogen (secondary N) is 2. The van der Waals surface area contributed by atoms with Gasteiger partial charge >= 0.3 is 0 Å². The van der Waals surface area contributed by atoms with Crippen molar-refractivity contribution in [3.05, 3.63) is 71.6 Å². The Kier molecular flexibility index (Phi) is 4.03. The van der Waals surface area contributed by atoms with Crippen LogP contribution >= 0.6 is 11.3 Å². The monoisotopic (exact) mass is 351 g/mol. The van der Waals surface area contributed by atoms with Gasteiger partial charge < -0.3 is 10.3 Å². The lowest BCUT2D eigenvalue weighted by Crippen LogP contribution is -2.14. The fraction of sp³-hybridized carbons (Fsp3) is 0.0526. The zero-order valence-electron chi connectivity index (χ0n) is 13.1. The number of benzene rings is 2. The van der Waals surface area contributed by atoms with E-state index in [1.807, 2.05) is 35.8 Å². The predicted octanol–water partition coefficient (Wildman–Crippen LogP) is 4.61. The van der Waals surface area contributed by atoms with Crippen molar-refractivity contribution in [3.63, 3.8) is 0 Å². The number of H-pyrrole nitrogens is 1. The molecule has 0 spiro atoms. The van der Waals surface area contributed by atoms with Crippen LogP contribution in [-0.2, 0) is 11.2 Å². The van der Waals surface area contributed by atoms with Gasteiger partial charge in [0.2, 0.25) is 5.91 Å². The van der Waals surface area contributed by atoms with Crippen LogP contribution in [0.1, 0.15) is 5.69 Å². The first-order valence-electron chi connectivity index (χ1n) is 7.75. The number of halogens is 1. The van der Waals surface area contributed by atoms with E-state index in [-0.39, 0.29) is 18.1 Å². The van der Waals surface area contributed by atoms with Gasteiger partial charge in [-0.1, -0.05) is 6.07 Å². The highest BCUT2D eigenvalue weighted by atomic mass is 32.1. The number of amides is 1. The van der Waals surface area contributed by atoms with Gasteiger partial charge in [0.1, 0.15) is 10.8 Å². The molecule has 2 aromatic carbocycles. The van der Waals surface area contributed by atoms with Crippen LogP contribution in [0.15, 0.2) is 60.1 Å². The molecular weight excluding hydrogens is 337 g/mol. The minimum absolute atomic E-state index is 0.121. The van der Waals surface area contributed by atoms with Gasteiger partial charge in [-0.15, -0.1) is 11.3 Å². The maximum Gasteiger partial charge on any atom is 0.230 e. The molecule has 6 heteroatoms. The van der Waals surface area contributed by atoms with Crippen LogP contribution in [-0.4, -0.2) is 15.9 Å². The molecule has 0 unspecified atom stereocenters. The molecule has 2 heterocycles. The van der Waals surface area contributed by atoms with Crippen LogP contribution in [0.2, 0.25) is 0 Å². The minimum Gasteiger partial charge on any atom is -0.361 e. The summed E-state index contributed by atoms with van der Waals surface area (Å²) in [6, 6.07) is 13.8. The molecule has 4 rings (SSSR count). The quantitative estimate of drug-likeness (QED) is 0.564. The summed E-state index contributed by atoms with van der Waals surface area (Å²) in [5.74, 6) is -0.400. The van der Waals surface area contributed by atoms with E-state index in [1.165, 1.54) is 23.5 Å². The van der Waals surface area contributed by atoms with E-state index in [2.05, 4.69) is 15.3 Å². The molecule has 25 heavy (non-hydrogen) atoms. The second-order valence-corrected chi connectivity index (χ2v) is 6.48. The topological polar surface area (TPSA) is 57.8 Å². The number of fused-ring (bicyclic) bond motifs is 1. The van der Waals surface area contributed by atoms with Crippen LogP contribution < -0.4 is 5.32 Å². The SMILES string of the molecule is O=C(Cc1csc(-c2ccc(F)cc2)n1)Nc1cccc2[nH]ccc12. The molecule has 0 aliphatic heterocycles. The van der Waals surface area contributed by atoms with Gasteiger partial charge in [-0.25, -0.2) is 9.37 Å². The van der Waals surface area contributed by atoms with Crippen LogP contribution in [0.4, 0.5) is 10.1 Å². The Bertz CT molecular complexity index is 1040. The molecule has 124 valence electrons. The van der Waals surface area contributed by atoms with Crippen molar-refractivity contribution in [3.8, 4) is 10.6 Å². The van der Waals surface area contributed by atoms with Crippen LogP contribution in [0.5, 0.6) is 0 Å². The van der Waals surface area contributed by atoms with Gasteiger partial charge in [-0.2, -0.15) is 0 Å². The van der Waals surface area contributed by atoms with Crippen molar-refractivity contribution < 1.29 is 9.18 Å². The van der Waals surface area contributed by atoms with Gasteiger partial charge in [-0.3, -0.25) is 4.79 Å². The number of thiazole rings is 1. The van der Waals surface area contributed by atoms with Gasteiger partial charge in [0.25, 0.3) is 0 Å². The maximum atomic E-state index is 13.0. The lowest BCUT2D eigenvalue weighted by atomic mass is 10.2. The van der Waals surface area contributed by atoms with Crippen molar-refractivity contribution in [2.45, 2.75) is 6.42 Å². The summed E-state index contributed by atoms with van der Waals surface area (Å²) in [5.41, 5.74) is 3.29. The molecule has 0 saturated carbocycles. The largest absolute Gasteiger partial charge is 0.361 e. The Morgan fingerprint density at radius 3 is 2.84 bits per heavy atom. The molecule has 0 bridgehead atoms. The van der Waals surface area contributed by atoms with E-state index in [1.54, 1.807) is 12.1 Å². The molecule has 2 aromatic heterocycles. The highest BCUT2D eigenvalue weighted by Gasteiger charge is 2.11. The normalized spacial score (nSPS) is 10.9. The number of carbonyl (C=O) groups excluding carboxylic acids is 1. The summed E-state index contributed by atoms with van der Waals surface area (Å²) in [4.78, 5) is 19.9. The van der Waals surface area contributed by atoms with E-state index in [0.717, 1.165) is 27.2 Å². The summed E-state index contributed by atoms with van der Waals surface area (Å²) in [6.45, 7) is 0. The molecule has 0 atom stereocenters. The first kappa shape index (κ1) is 15.5. The summed E-state index contributed by atoms with van der Waals surface area (Å²) in [6.07, 6.45) is 2.04. The molecule has 0 fully saturated rings. The third-order valence-corrected chi connectivity index (χ3v) is 4.79. The fourth-order valence-electron chi connectivity index (χ4n) is 2.67. The van der Waals surface area contributed by atoms with Crippen LogP contribution in [0.3, 0.4) is 0 Å². The molecular formula is C19H14FN3OS. The molecule has 0 radical (unpaired) electrons. The number of aromatic nitrogens is 2. The summed E-state index contributed by atoms with van der Waals surface area (Å²) in [7, 11) is 0. The Morgan fingerprint density at radius 2 is 2.00 bits per heavy atom. The molecule has 0 aliphatic rings. The number of nitrogens with zero attached hydrogens (tertiary/aromatic N) is 1. The molecule has 4 nitrogen and oxygen atoms in total. The highest BCUT2D eigenvalue weighted by Crippen LogP contribution is 2.25.